The molecule has 0 saturated carbocycles. The number of phosphoric acid groups is 1. The van der Waals surface area contributed by atoms with Crippen molar-refractivity contribution in [3.05, 3.63) is 0 Å². The molecule has 0 aliphatic rings. The van der Waals surface area contributed by atoms with Gasteiger partial charge >= 0.3 is 7.82 Å². The van der Waals surface area contributed by atoms with Gasteiger partial charge in [-0.3, -0.25) is 28.6 Å². The number of aliphatic hydroxyl groups is 1. The Labute approximate surface area is 181 Å². The first-order valence-corrected chi connectivity index (χ1v) is 11.5. The van der Waals surface area contributed by atoms with E-state index in [1.54, 1.807) is 6.92 Å². The molecule has 1 atom stereocenters. The number of rotatable bonds is 14. The highest BCUT2D eigenvalue weighted by Crippen LogP contribution is 2.42. The van der Waals surface area contributed by atoms with Crippen molar-refractivity contribution in [3.63, 3.8) is 0 Å². The van der Waals surface area contributed by atoms with E-state index in [2.05, 4.69) is 22.5 Å². The van der Waals surface area contributed by atoms with Crippen molar-refractivity contribution in [2.24, 2.45) is 5.41 Å². The number of nitrogens with zero attached hydrogens (tertiary/aromatic N) is 1. The maximum atomic E-state index is 13.0. The number of Topliss-reactive ketones (excluding diaryl/α,β-unsaturated/α-hetero) is 1. The van der Waals surface area contributed by atoms with Crippen LogP contribution in [0.4, 0.5) is 0 Å². The van der Waals surface area contributed by atoms with Gasteiger partial charge in [0.1, 0.15) is 5.78 Å². The molecule has 0 saturated heterocycles. The Morgan fingerprint density at radius 1 is 1.20 bits per heavy atom. The lowest BCUT2D eigenvalue weighted by Gasteiger charge is -2.34. The van der Waals surface area contributed by atoms with Gasteiger partial charge < -0.3 is 20.2 Å². The number of nitrogens with one attached hydrogen (secondary N) is 1. The van der Waals surface area contributed by atoms with Crippen LogP contribution in [0.15, 0.2) is 0 Å². The first kappa shape index (κ1) is 28.7. The molecule has 0 rings (SSSR count). The zero-order valence-electron chi connectivity index (χ0n) is 17.4. The third-order valence-corrected chi connectivity index (χ3v) is 4.73. The SMILES string of the molecule is CCCC(=O)CC(=O)N(CCC(=O)NCCS)C(=O)[C@H](OP(=O)(O)O)C(C)(C)CO. The average molecular weight is 470 g/mol. The van der Waals surface area contributed by atoms with Crippen LogP contribution in [0.25, 0.3) is 0 Å². The maximum Gasteiger partial charge on any atom is 0.470 e. The van der Waals surface area contributed by atoms with E-state index < -0.39 is 62.4 Å². The minimum absolute atomic E-state index is 0.112. The average Bonchev–Trinajstić information content (AvgIpc) is 2.63. The fourth-order valence-corrected chi connectivity index (χ4v) is 3.13. The quantitative estimate of drug-likeness (QED) is 0.133. The Balaban J connectivity index is 5.76. The predicted molar refractivity (Wildman–Crippen MR) is 111 cm³/mol. The van der Waals surface area contributed by atoms with Gasteiger partial charge in [0, 0.05) is 37.1 Å². The van der Waals surface area contributed by atoms with E-state index in [0.29, 0.717) is 17.1 Å². The van der Waals surface area contributed by atoms with Crippen molar-refractivity contribution in [2.75, 3.05) is 25.4 Å². The molecule has 174 valence electrons. The molecule has 0 unspecified atom stereocenters. The number of aliphatic hydroxyl groups excluding tert-OH is 1. The lowest BCUT2D eigenvalue weighted by Crippen LogP contribution is -2.51. The molecule has 0 aromatic heterocycles. The lowest BCUT2D eigenvalue weighted by atomic mass is 9.86. The predicted octanol–water partition coefficient (Wildman–Crippen LogP) is 0.0334. The molecule has 0 radical (unpaired) electrons. The molecule has 13 heteroatoms. The summed E-state index contributed by atoms with van der Waals surface area (Å²) in [7, 11) is -5.17. The summed E-state index contributed by atoms with van der Waals surface area (Å²) in [4.78, 5) is 68.3. The van der Waals surface area contributed by atoms with Gasteiger partial charge in [-0.2, -0.15) is 12.6 Å². The highest BCUT2D eigenvalue weighted by atomic mass is 32.1. The number of hydrogen-bond acceptors (Lipinski definition) is 8. The van der Waals surface area contributed by atoms with Crippen LogP contribution < -0.4 is 5.32 Å². The van der Waals surface area contributed by atoms with E-state index in [0.717, 1.165) is 0 Å². The summed E-state index contributed by atoms with van der Waals surface area (Å²) in [5.41, 5.74) is -1.47. The Bertz CT molecular complexity index is 666. The number of imide groups is 1. The van der Waals surface area contributed by atoms with Crippen molar-refractivity contribution in [1.82, 2.24) is 10.2 Å². The molecule has 0 aromatic rings. The summed E-state index contributed by atoms with van der Waals surface area (Å²) >= 11 is 3.95. The highest BCUT2D eigenvalue weighted by Gasteiger charge is 2.44. The third kappa shape index (κ3) is 10.6. The zero-order valence-corrected chi connectivity index (χ0v) is 19.2. The van der Waals surface area contributed by atoms with E-state index in [9.17, 15) is 38.6 Å². The van der Waals surface area contributed by atoms with Gasteiger partial charge in [0.2, 0.25) is 11.8 Å². The van der Waals surface area contributed by atoms with Crippen LogP contribution in [0, 0.1) is 5.41 Å². The number of carbonyl (C=O) groups excluding carboxylic acids is 4. The first-order valence-electron chi connectivity index (χ1n) is 9.37. The van der Waals surface area contributed by atoms with Crippen LogP contribution in [0.5, 0.6) is 0 Å². The second-order valence-electron chi connectivity index (χ2n) is 7.30. The molecule has 0 spiro atoms. The van der Waals surface area contributed by atoms with Crippen molar-refractivity contribution in [3.8, 4) is 0 Å². The Kier molecular flexibility index (Phi) is 12.6. The van der Waals surface area contributed by atoms with Crippen molar-refractivity contribution >= 4 is 44.0 Å². The van der Waals surface area contributed by atoms with E-state index in [4.69, 9.17) is 0 Å². The minimum Gasteiger partial charge on any atom is -0.396 e. The second kappa shape index (κ2) is 13.2. The minimum atomic E-state index is -5.17. The summed E-state index contributed by atoms with van der Waals surface area (Å²) in [6, 6.07) is 0. The molecule has 0 aliphatic carbocycles. The third-order valence-electron chi connectivity index (χ3n) is 4.03. The fourth-order valence-electron chi connectivity index (χ4n) is 2.37. The van der Waals surface area contributed by atoms with Gasteiger partial charge in [0.05, 0.1) is 13.0 Å². The molecule has 11 nitrogen and oxygen atoms in total. The molecule has 0 aromatic carbocycles. The van der Waals surface area contributed by atoms with E-state index in [-0.39, 0.29) is 19.4 Å². The summed E-state index contributed by atoms with van der Waals surface area (Å²) in [6.45, 7) is 3.51. The van der Waals surface area contributed by atoms with Gasteiger partial charge in [-0.1, -0.05) is 20.8 Å². The molecule has 3 amide bonds. The monoisotopic (exact) mass is 470 g/mol. The highest BCUT2D eigenvalue weighted by molar-refractivity contribution is 7.80. The second-order valence-corrected chi connectivity index (χ2v) is 8.93. The van der Waals surface area contributed by atoms with E-state index in [1.165, 1.54) is 13.8 Å². The molecule has 4 N–H and O–H groups in total. The van der Waals surface area contributed by atoms with E-state index in [1.807, 2.05) is 0 Å². The van der Waals surface area contributed by atoms with Crippen molar-refractivity contribution < 1.29 is 43.2 Å². The molecular formula is C17H31N2O9PS. The molecule has 0 bridgehead atoms. The molecular weight excluding hydrogens is 439 g/mol. The van der Waals surface area contributed by atoms with Gasteiger partial charge in [0.25, 0.3) is 5.91 Å². The molecule has 30 heavy (non-hydrogen) atoms. The Morgan fingerprint density at radius 3 is 2.27 bits per heavy atom. The van der Waals surface area contributed by atoms with Gasteiger partial charge in [-0.05, 0) is 6.42 Å². The first-order chi connectivity index (χ1) is 13.8. The van der Waals surface area contributed by atoms with Crippen LogP contribution in [-0.4, -0.2) is 74.9 Å². The van der Waals surface area contributed by atoms with Crippen LogP contribution in [-0.2, 0) is 28.3 Å². The van der Waals surface area contributed by atoms with Gasteiger partial charge in [0.15, 0.2) is 6.10 Å². The number of ketones is 1. The largest absolute Gasteiger partial charge is 0.470 e. The Hall–Kier alpha value is -1.30. The topological polar surface area (TPSA) is 171 Å². The summed E-state index contributed by atoms with van der Waals surface area (Å²) in [6.07, 6.45) is -2.20. The van der Waals surface area contributed by atoms with Crippen LogP contribution in [0.3, 0.4) is 0 Å². The number of carbonyl (C=O) groups is 4. The van der Waals surface area contributed by atoms with Crippen LogP contribution in [0.1, 0.15) is 46.5 Å². The van der Waals surface area contributed by atoms with Crippen LogP contribution >= 0.6 is 20.5 Å². The summed E-state index contributed by atoms with van der Waals surface area (Å²) in [5, 5.41) is 12.1. The Morgan fingerprint density at radius 2 is 1.80 bits per heavy atom. The van der Waals surface area contributed by atoms with Crippen LogP contribution in [0.2, 0.25) is 0 Å². The smallest absolute Gasteiger partial charge is 0.396 e. The standard InChI is InChI=1S/C17H31N2O9PS/c1-4-5-12(21)10-14(23)19(8-6-13(22)18-7-9-30)16(24)15(17(2,3)11-20)28-29(25,26)27/h15,20,30H,4-11H2,1-3H3,(H,18,22)(H2,25,26,27)/t15-/m0/s1. The van der Waals surface area contributed by atoms with Gasteiger partial charge in [-0.25, -0.2) is 4.57 Å². The number of thiol groups is 1. The zero-order chi connectivity index (χ0) is 23.5. The fraction of sp³-hybridized carbons (Fsp3) is 0.765. The van der Waals surface area contributed by atoms with E-state index >= 15 is 0 Å². The maximum absolute atomic E-state index is 13.0. The van der Waals surface area contributed by atoms with Crippen molar-refractivity contribution in [2.45, 2.75) is 52.6 Å². The van der Waals surface area contributed by atoms with Crippen molar-refractivity contribution in [1.29, 1.82) is 0 Å². The molecule has 0 fully saturated rings. The normalized spacial score (nSPS) is 12.9. The molecule has 0 heterocycles. The van der Waals surface area contributed by atoms with Gasteiger partial charge in [-0.15, -0.1) is 0 Å². The number of phosphoric ester groups is 1. The summed E-state index contributed by atoms with van der Waals surface area (Å²) in [5.74, 6) is -2.61. The lowest BCUT2D eigenvalue weighted by molar-refractivity contribution is -0.156. The number of amides is 3. The molecule has 0 aliphatic heterocycles. The number of hydrogen-bond donors (Lipinski definition) is 5. The summed E-state index contributed by atoms with van der Waals surface area (Å²) < 4.78 is 15.9.